The van der Waals surface area contributed by atoms with Crippen molar-refractivity contribution >= 4 is 17.5 Å². The monoisotopic (exact) mass is 275 g/mol. The molecule has 0 radical (unpaired) electrons. The van der Waals surface area contributed by atoms with Gasteiger partial charge in [0.2, 0.25) is 5.91 Å². The van der Waals surface area contributed by atoms with Crippen LogP contribution < -0.4 is 11.1 Å². The quantitative estimate of drug-likeness (QED) is 0.816. The highest BCUT2D eigenvalue weighted by Gasteiger charge is 2.24. The molecule has 0 spiro atoms. The van der Waals surface area contributed by atoms with Crippen molar-refractivity contribution in [2.75, 3.05) is 18.8 Å². The number of nitrogen functional groups attached to an aromatic ring is 1. The molecule has 1 saturated heterocycles. The Morgan fingerprint density at radius 2 is 2.05 bits per heavy atom. The summed E-state index contributed by atoms with van der Waals surface area (Å²) in [6, 6.07) is 7.05. The zero-order chi connectivity index (χ0) is 14.5. The first-order chi connectivity index (χ1) is 9.58. The average molecular weight is 275 g/mol. The Morgan fingerprint density at radius 3 is 2.65 bits per heavy atom. The lowest BCUT2D eigenvalue weighted by molar-refractivity contribution is -0.131. The predicted molar refractivity (Wildman–Crippen MR) is 78.2 cm³/mol. The third kappa shape index (κ3) is 3.50. The third-order valence-corrected chi connectivity index (χ3v) is 3.67. The number of nitrogens with zero attached hydrogens (tertiary/aromatic N) is 1. The second-order valence-electron chi connectivity index (χ2n) is 5.21. The summed E-state index contributed by atoms with van der Waals surface area (Å²) in [6.07, 6.45) is 2.50. The lowest BCUT2D eigenvalue weighted by atomic mass is 10.2. The molecule has 0 bridgehead atoms. The number of hydrogen-bond donors (Lipinski definition) is 2. The van der Waals surface area contributed by atoms with Crippen molar-refractivity contribution in [2.45, 2.75) is 32.2 Å². The molecule has 5 heteroatoms. The maximum Gasteiger partial charge on any atom is 0.251 e. The lowest BCUT2D eigenvalue weighted by Crippen LogP contribution is -2.36. The summed E-state index contributed by atoms with van der Waals surface area (Å²) in [7, 11) is 0. The van der Waals surface area contributed by atoms with E-state index >= 15 is 0 Å². The molecular weight excluding hydrogens is 254 g/mol. The molecule has 0 aliphatic carbocycles. The van der Waals surface area contributed by atoms with E-state index in [1.807, 2.05) is 4.90 Å². The summed E-state index contributed by atoms with van der Waals surface area (Å²) < 4.78 is 0. The maximum absolute atomic E-state index is 12.0. The lowest BCUT2D eigenvalue weighted by Gasteiger charge is -2.21. The molecule has 1 aliphatic heterocycles. The highest BCUT2D eigenvalue weighted by atomic mass is 16.2. The molecule has 0 saturated carbocycles. The van der Waals surface area contributed by atoms with Gasteiger partial charge in [-0.2, -0.15) is 0 Å². The van der Waals surface area contributed by atoms with E-state index in [9.17, 15) is 9.59 Å². The summed E-state index contributed by atoms with van der Waals surface area (Å²) in [5.74, 6) is -0.0557. The Bertz CT molecular complexity index is 484. The number of nitrogens with two attached hydrogens (primary N) is 1. The molecule has 1 unspecified atom stereocenters. The van der Waals surface area contributed by atoms with Crippen LogP contribution in [0.2, 0.25) is 0 Å². The fourth-order valence-corrected chi connectivity index (χ4v) is 2.47. The van der Waals surface area contributed by atoms with Crippen molar-refractivity contribution in [1.29, 1.82) is 0 Å². The summed E-state index contributed by atoms with van der Waals surface area (Å²) in [4.78, 5) is 25.7. The van der Waals surface area contributed by atoms with Crippen molar-refractivity contribution in [2.24, 2.45) is 0 Å². The third-order valence-electron chi connectivity index (χ3n) is 3.67. The molecule has 1 heterocycles. The van der Waals surface area contributed by atoms with Gasteiger partial charge in [-0.25, -0.2) is 0 Å². The summed E-state index contributed by atoms with van der Waals surface area (Å²) >= 11 is 0. The van der Waals surface area contributed by atoms with E-state index < -0.39 is 0 Å². The van der Waals surface area contributed by atoms with Crippen molar-refractivity contribution in [1.82, 2.24) is 10.2 Å². The van der Waals surface area contributed by atoms with Gasteiger partial charge in [-0.15, -0.1) is 0 Å². The summed E-state index contributed by atoms with van der Waals surface area (Å²) in [6.45, 7) is 3.27. The Kier molecular flexibility index (Phi) is 4.61. The first-order valence-corrected chi connectivity index (χ1v) is 7.01. The zero-order valence-corrected chi connectivity index (χ0v) is 11.8. The highest BCUT2D eigenvalue weighted by Crippen LogP contribution is 2.17. The van der Waals surface area contributed by atoms with Crippen LogP contribution in [0.15, 0.2) is 24.3 Å². The van der Waals surface area contributed by atoms with Gasteiger partial charge in [0.1, 0.15) is 0 Å². The number of likely N-dealkylation sites (tertiary alicyclic amines) is 1. The zero-order valence-electron chi connectivity index (χ0n) is 11.8. The van der Waals surface area contributed by atoms with E-state index in [4.69, 9.17) is 5.73 Å². The number of benzene rings is 1. The van der Waals surface area contributed by atoms with E-state index in [-0.39, 0.29) is 11.8 Å². The second kappa shape index (κ2) is 6.41. The maximum atomic E-state index is 12.0. The van der Waals surface area contributed by atoms with E-state index in [2.05, 4.69) is 12.2 Å². The normalized spacial score (nSPS) is 18.1. The van der Waals surface area contributed by atoms with E-state index in [0.29, 0.717) is 30.3 Å². The topological polar surface area (TPSA) is 75.4 Å². The van der Waals surface area contributed by atoms with Crippen LogP contribution in [0.5, 0.6) is 0 Å². The fourth-order valence-electron chi connectivity index (χ4n) is 2.47. The smallest absolute Gasteiger partial charge is 0.251 e. The molecule has 0 aromatic heterocycles. The minimum absolute atomic E-state index is 0.118. The van der Waals surface area contributed by atoms with Crippen molar-refractivity contribution in [3.05, 3.63) is 29.8 Å². The number of carbonyl (C=O) groups excluding carboxylic acids is 2. The molecule has 5 nitrogen and oxygen atoms in total. The molecule has 1 aromatic carbocycles. The predicted octanol–water partition coefficient (Wildman–Crippen LogP) is 1.40. The van der Waals surface area contributed by atoms with Gasteiger partial charge in [-0.3, -0.25) is 9.59 Å². The Balaban J connectivity index is 1.76. The van der Waals surface area contributed by atoms with Gasteiger partial charge in [-0.05, 0) is 44.0 Å². The van der Waals surface area contributed by atoms with Gasteiger partial charge in [0.05, 0.1) is 0 Å². The summed E-state index contributed by atoms with van der Waals surface area (Å²) in [5.41, 5.74) is 6.75. The molecule has 1 aliphatic rings. The fraction of sp³-hybridized carbons (Fsp3) is 0.467. The molecule has 1 atom stereocenters. The van der Waals surface area contributed by atoms with E-state index in [0.717, 1.165) is 19.4 Å². The van der Waals surface area contributed by atoms with Gasteiger partial charge in [0.15, 0.2) is 0 Å². The van der Waals surface area contributed by atoms with Gasteiger partial charge < -0.3 is 16.0 Å². The number of amides is 2. The number of carbonyl (C=O) groups is 2. The van der Waals surface area contributed by atoms with E-state index in [1.165, 1.54) is 0 Å². The van der Waals surface area contributed by atoms with Crippen LogP contribution in [-0.2, 0) is 4.79 Å². The van der Waals surface area contributed by atoms with Gasteiger partial charge >= 0.3 is 0 Å². The average Bonchev–Trinajstić information content (AvgIpc) is 2.85. The van der Waals surface area contributed by atoms with Gasteiger partial charge in [-0.1, -0.05) is 0 Å². The van der Waals surface area contributed by atoms with Crippen LogP contribution in [-0.4, -0.2) is 35.8 Å². The number of rotatable bonds is 4. The first kappa shape index (κ1) is 14.4. The first-order valence-electron chi connectivity index (χ1n) is 7.01. The standard InChI is InChI=1S/C15H21N3O2/c1-11-3-2-10-18(11)14(19)8-9-17-15(20)12-4-6-13(16)7-5-12/h4-7,11H,2-3,8-10,16H2,1H3,(H,17,20). The largest absolute Gasteiger partial charge is 0.399 e. The minimum Gasteiger partial charge on any atom is -0.399 e. The molecule has 1 aromatic rings. The highest BCUT2D eigenvalue weighted by molar-refractivity contribution is 5.94. The Hall–Kier alpha value is -2.04. The Labute approximate surface area is 119 Å². The second-order valence-corrected chi connectivity index (χ2v) is 5.21. The van der Waals surface area contributed by atoms with Crippen molar-refractivity contribution in [3.8, 4) is 0 Å². The van der Waals surface area contributed by atoms with Crippen LogP contribution in [0, 0.1) is 0 Å². The molecule has 3 N–H and O–H groups in total. The van der Waals surface area contributed by atoms with Gasteiger partial charge in [0, 0.05) is 36.8 Å². The molecule has 2 rings (SSSR count). The van der Waals surface area contributed by atoms with Crippen molar-refractivity contribution in [3.63, 3.8) is 0 Å². The molecule has 20 heavy (non-hydrogen) atoms. The van der Waals surface area contributed by atoms with Crippen LogP contribution in [0.25, 0.3) is 0 Å². The molecule has 2 amide bonds. The Morgan fingerprint density at radius 1 is 1.35 bits per heavy atom. The summed E-state index contributed by atoms with van der Waals surface area (Å²) in [5, 5.41) is 2.76. The molecule has 108 valence electrons. The molecule has 1 fully saturated rings. The van der Waals surface area contributed by atoms with Crippen LogP contribution in [0.1, 0.15) is 36.5 Å². The number of anilines is 1. The number of hydrogen-bond acceptors (Lipinski definition) is 3. The van der Waals surface area contributed by atoms with E-state index in [1.54, 1.807) is 24.3 Å². The van der Waals surface area contributed by atoms with Crippen LogP contribution in [0.4, 0.5) is 5.69 Å². The minimum atomic E-state index is -0.174. The van der Waals surface area contributed by atoms with Crippen LogP contribution in [0.3, 0.4) is 0 Å². The van der Waals surface area contributed by atoms with Crippen LogP contribution >= 0.6 is 0 Å². The van der Waals surface area contributed by atoms with Gasteiger partial charge in [0.25, 0.3) is 5.91 Å². The molecular formula is C15H21N3O2. The number of nitrogens with one attached hydrogen (secondary N) is 1. The SMILES string of the molecule is CC1CCCN1C(=O)CCNC(=O)c1ccc(N)cc1. The van der Waals surface area contributed by atoms with Crippen molar-refractivity contribution < 1.29 is 9.59 Å².